The van der Waals surface area contributed by atoms with E-state index in [-0.39, 0.29) is 22.6 Å². The number of hydrogen-bond acceptors (Lipinski definition) is 7. The highest BCUT2D eigenvalue weighted by Crippen LogP contribution is 2.29. The highest BCUT2D eigenvalue weighted by atomic mass is 35.7. The second-order valence-corrected chi connectivity index (χ2v) is 15.6. The monoisotopic (exact) mass is 750 g/mol. The zero-order valence-electron chi connectivity index (χ0n) is 26.0. The molecular weight excluding hydrogens is 715 g/mol. The number of amides is 1. The minimum atomic E-state index is -3.71. The Bertz CT molecular complexity index is 1890. The number of carbonyl (C=O) groups excluding carboxylic acids is 1. The molecule has 1 amide bonds. The Balaban J connectivity index is 0.000000205. The maximum absolute atomic E-state index is 12.3. The Kier molecular flexibility index (Phi) is 15.4. The molecule has 5 N–H and O–H groups in total. The summed E-state index contributed by atoms with van der Waals surface area (Å²) in [6.07, 6.45) is 2.53. The van der Waals surface area contributed by atoms with Crippen LogP contribution in [0.25, 0.3) is 0 Å². The molecule has 2 heterocycles. The van der Waals surface area contributed by atoms with Crippen LogP contribution in [-0.4, -0.2) is 41.2 Å². The normalized spacial score (nSPS) is 12.8. The first-order chi connectivity index (χ1) is 22.9. The van der Waals surface area contributed by atoms with E-state index in [0.29, 0.717) is 35.5 Å². The van der Waals surface area contributed by atoms with Gasteiger partial charge >= 0.3 is 0 Å². The molecule has 4 aromatic rings. The average Bonchev–Trinajstić information content (AvgIpc) is 3.62. The van der Waals surface area contributed by atoms with Crippen molar-refractivity contribution in [1.82, 2.24) is 4.72 Å². The van der Waals surface area contributed by atoms with Gasteiger partial charge in [0.2, 0.25) is 15.9 Å². The van der Waals surface area contributed by atoms with Crippen molar-refractivity contribution in [2.45, 2.75) is 35.5 Å². The van der Waals surface area contributed by atoms with Crippen molar-refractivity contribution in [3.8, 4) is 0 Å². The molecule has 0 atom stereocenters. The van der Waals surface area contributed by atoms with Crippen LogP contribution in [0.15, 0.2) is 119 Å². The lowest BCUT2D eigenvalue weighted by atomic mass is 10.1. The second-order valence-electron chi connectivity index (χ2n) is 10.5. The third kappa shape index (κ3) is 12.6. The molecule has 0 aliphatic carbocycles. The second kappa shape index (κ2) is 18.9. The number of anilines is 2. The summed E-state index contributed by atoms with van der Waals surface area (Å²) in [7, 11) is -2.02. The molecule has 0 radical (unpaired) electrons. The summed E-state index contributed by atoms with van der Waals surface area (Å²) >= 11 is 9.53. The van der Waals surface area contributed by atoms with Crippen LogP contribution in [0, 0.1) is 0 Å². The van der Waals surface area contributed by atoms with Crippen LogP contribution in [0.3, 0.4) is 0 Å². The summed E-state index contributed by atoms with van der Waals surface area (Å²) in [5, 5.41) is 5.92. The zero-order chi connectivity index (χ0) is 35.2. The highest BCUT2D eigenvalue weighted by molar-refractivity contribution is 8.13. The van der Waals surface area contributed by atoms with Gasteiger partial charge in [-0.2, -0.15) is 0 Å². The number of alkyl halides is 2. The van der Waals surface area contributed by atoms with Gasteiger partial charge in [-0.25, -0.2) is 21.6 Å². The molecule has 0 unspecified atom stereocenters. The summed E-state index contributed by atoms with van der Waals surface area (Å²) in [5.41, 5.74) is 11.9. The molecule has 0 fully saturated rings. The summed E-state index contributed by atoms with van der Waals surface area (Å²) in [6, 6.07) is 29.5. The van der Waals surface area contributed by atoms with Gasteiger partial charge < -0.3 is 16.4 Å². The molecule has 0 saturated carbocycles. The van der Waals surface area contributed by atoms with Crippen molar-refractivity contribution in [2.24, 2.45) is 5.73 Å². The third-order valence-corrected chi connectivity index (χ3v) is 9.72. The van der Waals surface area contributed by atoms with Crippen molar-refractivity contribution < 1.29 is 21.6 Å². The van der Waals surface area contributed by atoms with Crippen molar-refractivity contribution in [1.29, 1.82) is 0 Å². The molecule has 0 spiro atoms. The lowest BCUT2D eigenvalue weighted by Gasteiger charge is -2.08. The molecule has 2 aliphatic rings. The average molecular weight is 752 g/mol. The van der Waals surface area contributed by atoms with Crippen molar-refractivity contribution in [2.75, 3.05) is 29.1 Å². The first kappa shape index (κ1) is 39.0. The van der Waals surface area contributed by atoms with Gasteiger partial charge in [0.05, 0.1) is 21.6 Å². The van der Waals surface area contributed by atoms with Gasteiger partial charge in [-0.1, -0.05) is 67.2 Å². The number of carbonyl (C=O) groups is 1. The van der Waals surface area contributed by atoms with Crippen molar-refractivity contribution in [3.05, 3.63) is 132 Å². The van der Waals surface area contributed by atoms with Crippen LogP contribution in [0.4, 0.5) is 11.4 Å². The number of nitrogens with two attached hydrogens (primary N) is 1. The number of halogens is 3. The van der Waals surface area contributed by atoms with Crippen LogP contribution in [0.5, 0.6) is 0 Å². The van der Waals surface area contributed by atoms with Crippen LogP contribution < -0.4 is 21.1 Å². The first-order valence-corrected chi connectivity index (χ1v) is 19.6. The Hall–Kier alpha value is -3.42. The van der Waals surface area contributed by atoms with Crippen LogP contribution >= 0.6 is 33.9 Å². The number of hydrogen-bond donors (Lipinski definition) is 4. The van der Waals surface area contributed by atoms with Gasteiger partial charge in [-0.15, -0.1) is 23.2 Å². The van der Waals surface area contributed by atoms with E-state index in [2.05, 4.69) is 34.1 Å². The summed E-state index contributed by atoms with van der Waals surface area (Å²) in [4.78, 5) is 11.3. The molecule has 4 aromatic carbocycles. The lowest BCUT2D eigenvalue weighted by Crippen LogP contribution is -2.26. The number of nitrogens with one attached hydrogen (secondary N) is 3. The summed E-state index contributed by atoms with van der Waals surface area (Å²) < 4.78 is 49.3. The molecule has 14 heteroatoms. The Labute approximate surface area is 297 Å². The van der Waals surface area contributed by atoms with E-state index < -0.39 is 19.1 Å². The van der Waals surface area contributed by atoms with Gasteiger partial charge in [-0.05, 0) is 78.0 Å². The van der Waals surface area contributed by atoms with Crippen molar-refractivity contribution >= 4 is 70.2 Å². The molecule has 0 aromatic heterocycles. The maximum atomic E-state index is 12.3. The molecule has 48 heavy (non-hydrogen) atoms. The quantitative estimate of drug-likeness (QED) is 0.120. The minimum absolute atomic E-state index is 0.0226. The van der Waals surface area contributed by atoms with Crippen LogP contribution in [-0.2, 0) is 49.6 Å². The number of rotatable bonds is 8. The smallest absolute Gasteiger partial charge is 0.261 e. The molecule has 2 aliphatic heterocycles. The molecule has 9 nitrogen and oxygen atoms in total. The number of fused-ring (bicyclic) bond motifs is 2. The Morgan fingerprint density at radius 1 is 0.729 bits per heavy atom. The van der Waals surface area contributed by atoms with E-state index in [4.69, 9.17) is 39.6 Å². The Morgan fingerprint density at radius 3 is 1.79 bits per heavy atom. The summed E-state index contributed by atoms with van der Waals surface area (Å²) in [6.45, 7) is 4.99. The highest BCUT2D eigenvalue weighted by Gasteiger charge is 2.21. The largest absolute Gasteiger partial charge is 0.359 e. The molecule has 6 rings (SSSR count). The molecule has 0 saturated heterocycles. The molecular formula is C34H37Cl3N4O5S2. The number of sulfonamides is 1. The lowest BCUT2D eigenvalue weighted by molar-refractivity contribution is -0.115. The standard InChI is InChI=1S/C17H18N2O2S.C8H6ClNO3S.C8H11N.CH2Cl2/c1-13-11-15-12-16(7-8-17(15)19-13)22(20,21)18-10-9-14-5-3-2-4-6-14;9-14(12,13)6-1-2-7-5(3-6)4-8(11)10-7;9-7-6-8-4-2-1-3-5-8;2-1-3/h2-8,12,18-19H,1,9-11H2;1-3H,4H2,(H,10,11);1-5H,6-7,9H2;1H2. The first-order valence-electron chi connectivity index (χ1n) is 14.7. The fourth-order valence-electron chi connectivity index (χ4n) is 4.70. The minimum Gasteiger partial charge on any atom is -0.359 e. The van der Waals surface area contributed by atoms with Gasteiger partial charge in [0.25, 0.3) is 9.05 Å². The van der Waals surface area contributed by atoms with E-state index in [1.54, 1.807) is 18.2 Å². The van der Waals surface area contributed by atoms with Gasteiger partial charge in [0.1, 0.15) is 0 Å². The van der Waals surface area contributed by atoms with E-state index in [1.165, 1.54) is 23.8 Å². The van der Waals surface area contributed by atoms with Gasteiger partial charge in [0, 0.05) is 40.7 Å². The fourth-order valence-corrected chi connectivity index (χ4v) is 6.58. The van der Waals surface area contributed by atoms with E-state index in [0.717, 1.165) is 35.5 Å². The summed E-state index contributed by atoms with van der Waals surface area (Å²) in [5.74, 6) is -0.135. The number of allylic oxidation sites excluding steroid dienone is 1. The Morgan fingerprint density at radius 2 is 1.23 bits per heavy atom. The molecule has 256 valence electrons. The SMILES string of the molecule is C=C1Cc2cc(S(=O)(=O)NCCc3ccccc3)ccc2N1.ClCCl.NCCc1ccccc1.O=C1Cc2cc(S(=O)(=O)Cl)ccc2N1. The van der Waals surface area contributed by atoms with Crippen molar-refractivity contribution in [3.63, 3.8) is 0 Å². The fraction of sp³-hybridized carbons (Fsp3) is 0.206. The topological polar surface area (TPSA) is 147 Å². The predicted octanol–water partition coefficient (Wildman–Crippen LogP) is 6.41. The predicted molar refractivity (Wildman–Crippen MR) is 196 cm³/mol. The zero-order valence-corrected chi connectivity index (χ0v) is 29.9. The van der Waals surface area contributed by atoms with Crippen LogP contribution in [0.1, 0.15) is 22.3 Å². The molecule has 0 bridgehead atoms. The van der Waals surface area contributed by atoms with Gasteiger partial charge in [-0.3, -0.25) is 4.79 Å². The number of benzene rings is 4. The van der Waals surface area contributed by atoms with Crippen LogP contribution in [0.2, 0.25) is 0 Å². The van der Waals surface area contributed by atoms with Gasteiger partial charge in [0.15, 0.2) is 0 Å². The van der Waals surface area contributed by atoms with E-state index in [9.17, 15) is 21.6 Å². The third-order valence-electron chi connectivity index (χ3n) is 6.91. The van der Waals surface area contributed by atoms with E-state index >= 15 is 0 Å². The van der Waals surface area contributed by atoms with E-state index in [1.807, 2.05) is 48.5 Å². The maximum Gasteiger partial charge on any atom is 0.261 e.